The summed E-state index contributed by atoms with van der Waals surface area (Å²) in [6.07, 6.45) is 7.56. The molecule has 3 amide bonds. The number of benzene rings is 3. The number of hydrogen-bond donors (Lipinski definition) is 6. The maximum Gasteiger partial charge on any atom is 0.324 e. The number of aromatic nitrogens is 3. The Hall–Kier alpha value is -6.38. The molecular formula is C43H50N10O4. The van der Waals surface area contributed by atoms with Crippen molar-refractivity contribution in [1.82, 2.24) is 30.5 Å². The van der Waals surface area contributed by atoms with Crippen molar-refractivity contribution in [3.63, 3.8) is 0 Å². The molecule has 57 heavy (non-hydrogen) atoms. The number of carbonyl (C=O) groups excluding carboxylic acids is 2. The molecule has 0 atom stereocenters. The van der Waals surface area contributed by atoms with E-state index in [0.29, 0.717) is 53.4 Å². The zero-order chi connectivity index (χ0) is 40.4. The number of nitrogens with one attached hydrogen (secondary N) is 4. The number of piperidine rings is 1. The molecule has 5 aromatic rings. The highest BCUT2D eigenvalue weighted by atomic mass is 16.5. The second-order valence-electron chi connectivity index (χ2n) is 15.0. The van der Waals surface area contributed by atoms with Gasteiger partial charge in [0.05, 0.1) is 29.9 Å². The highest BCUT2D eigenvalue weighted by molar-refractivity contribution is 6.11. The maximum atomic E-state index is 13.4. The molecule has 0 spiro atoms. The molecule has 3 heterocycles. The highest BCUT2D eigenvalue weighted by Crippen LogP contribution is 2.32. The number of rotatable bonds is 12. The van der Waals surface area contributed by atoms with E-state index in [0.717, 1.165) is 47.8 Å². The SMILES string of the molecule is Cc1ccc(N=C(C=C(N)C(C)(C)C)NC(=O)Nc2ccc(OCc3ccnc(Nc4cnc(C(=O)NCCN5CCC(O)CC5)cn4)c3)c3ccccc23)cc1. The monoisotopic (exact) mass is 770 g/mol. The fourth-order valence-corrected chi connectivity index (χ4v) is 5.99. The third-order valence-corrected chi connectivity index (χ3v) is 9.45. The number of amidine groups is 1. The van der Waals surface area contributed by atoms with E-state index in [1.807, 2.05) is 94.4 Å². The summed E-state index contributed by atoms with van der Waals surface area (Å²) in [5.74, 6) is 1.63. The van der Waals surface area contributed by atoms with Crippen LogP contribution in [0.4, 0.5) is 27.8 Å². The Bertz CT molecular complexity index is 2230. The van der Waals surface area contributed by atoms with E-state index in [1.54, 1.807) is 18.3 Å². The van der Waals surface area contributed by atoms with Crippen LogP contribution in [-0.2, 0) is 6.61 Å². The van der Waals surface area contributed by atoms with Crippen molar-refractivity contribution in [2.45, 2.75) is 53.2 Å². The molecule has 0 saturated carbocycles. The minimum atomic E-state index is -0.469. The Kier molecular flexibility index (Phi) is 13.1. The fraction of sp³-hybridized carbons (Fsp3) is 0.302. The number of allylic oxidation sites excluding steroid dienone is 1. The summed E-state index contributed by atoms with van der Waals surface area (Å²) in [5, 5.41) is 23.2. The van der Waals surface area contributed by atoms with Crippen molar-refractivity contribution in [2.75, 3.05) is 36.8 Å². The summed E-state index contributed by atoms with van der Waals surface area (Å²) in [5.41, 5.74) is 10.1. The summed E-state index contributed by atoms with van der Waals surface area (Å²) < 4.78 is 6.29. The van der Waals surface area contributed by atoms with E-state index in [9.17, 15) is 14.7 Å². The van der Waals surface area contributed by atoms with Crippen molar-refractivity contribution in [3.05, 3.63) is 120 Å². The maximum absolute atomic E-state index is 13.4. The zero-order valence-corrected chi connectivity index (χ0v) is 32.8. The van der Waals surface area contributed by atoms with Gasteiger partial charge in [-0.15, -0.1) is 0 Å². The Morgan fingerprint density at radius 3 is 2.44 bits per heavy atom. The van der Waals surface area contributed by atoms with Gasteiger partial charge in [-0.3, -0.25) is 10.1 Å². The molecule has 0 aliphatic carbocycles. The molecule has 0 bridgehead atoms. The largest absolute Gasteiger partial charge is 0.488 e. The Labute approximate surface area is 332 Å². The minimum absolute atomic E-state index is 0.217. The molecule has 3 aromatic carbocycles. The summed E-state index contributed by atoms with van der Waals surface area (Å²) in [7, 11) is 0. The van der Waals surface area contributed by atoms with Crippen LogP contribution in [0.15, 0.2) is 108 Å². The first-order chi connectivity index (χ1) is 27.4. The quantitative estimate of drug-likeness (QED) is 0.0597. The third kappa shape index (κ3) is 11.6. The van der Waals surface area contributed by atoms with Crippen molar-refractivity contribution >= 4 is 51.6 Å². The van der Waals surface area contributed by atoms with E-state index in [4.69, 9.17) is 10.5 Å². The Balaban J connectivity index is 1.06. The van der Waals surface area contributed by atoms with Crippen LogP contribution in [0.25, 0.3) is 10.8 Å². The van der Waals surface area contributed by atoms with E-state index in [-0.39, 0.29) is 29.7 Å². The topological polar surface area (TPSA) is 192 Å². The van der Waals surface area contributed by atoms with Gasteiger partial charge in [-0.25, -0.2) is 24.7 Å². The number of ether oxygens (including phenoxy) is 1. The molecule has 1 saturated heterocycles. The highest BCUT2D eigenvalue weighted by Gasteiger charge is 2.18. The number of aliphatic imine (C=N–C) groups is 1. The number of amides is 3. The van der Waals surface area contributed by atoms with Crippen LogP contribution in [0.3, 0.4) is 0 Å². The Morgan fingerprint density at radius 2 is 1.72 bits per heavy atom. The average molecular weight is 771 g/mol. The van der Waals surface area contributed by atoms with Gasteiger partial charge in [0.25, 0.3) is 5.91 Å². The minimum Gasteiger partial charge on any atom is -0.488 e. The van der Waals surface area contributed by atoms with Gasteiger partial charge in [0, 0.05) is 60.3 Å². The number of nitrogens with zero attached hydrogens (tertiary/aromatic N) is 5. The first-order valence-corrected chi connectivity index (χ1v) is 19.0. The lowest BCUT2D eigenvalue weighted by Crippen LogP contribution is -2.40. The van der Waals surface area contributed by atoms with Crippen molar-refractivity contribution in [2.24, 2.45) is 16.1 Å². The number of aliphatic hydroxyl groups is 1. The predicted molar refractivity (Wildman–Crippen MR) is 224 cm³/mol. The molecule has 1 fully saturated rings. The molecule has 14 heteroatoms. The van der Waals surface area contributed by atoms with Crippen molar-refractivity contribution in [1.29, 1.82) is 0 Å². The van der Waals surface area contributed by atoms with Crippen LogP contribution < -0.4 is 31.7 Å². The van der Waals surface area contributed by atoms with Gasteiger partial charge in [-0.2, -0.15) is 0 Å². The second kappa shape index (κ2) is 18.5. The van der Waals surface area contributed by atoms with Gasteiger partial charge >= 0.3 is 6.03 Å². The number of aliphatic hydroxyl groups excluding tert-OH is 1. The molecule has 1 aliphatic rings. The van der Waals surface area contributed by atoms with E-state index in [2.05, 4.69) is 46.1 Å². The van der Waals surface area contributed by atoms with Crippen LogP contribution in [0.5, 0.6) is 5.75 Å². The number of carbonyl (C=O) groups is 2. The van der Waals surface area contributed by atoms with Gasteiger partial charge in [0.2, 0.25) is 0 Å². The molecule has 0 unspecified atom stereocenters. The third-order valence-electron chi connectivity index (χ3n) is 9.45. The lowest BCUT2D eigenvalue weighted by Gasteiger charge is -2.29. The summed E-state index contributed by atoms with van der Waals surface area (Å²) in [6, 6.07) is 22.2. The first kappa shape index (κ1) is 40.3. The number of hydrogen-bond acceptors (Lipinski definition) is 11. The molecular weight excluding hydrogens is 721 g/mol. The average Bonchev–Trinajstić information content (AvgIpc) is 3.19. The van der Waals surface area contributed by atoms with Crippen LogP contribution in [0.1, 0.15) is 55.2 Å². The predicted octanol–water partition coefficient (Wildman–Crippen LogP) is 6.58. The molecule has 7 N–H and O–H groups in total. The molecule has 14 nitrogen and oxygen atoms in total. The van der Waals surface area contributed by atoms with Gasteiger partial charge in [0.15, 0.2) is 0 Å². The Morgan fingerprint density at radius 1 is 0.965 bits per heavy atom. The zero-order valence-electron chi connectivity index (χ0n) is 32.8. The molecule has 0 radical (unpaired) electrons. The number of fused-ring (bicyclic) bond motifs is 1. The van der Waals surface area contributed by atoms with E-state index < -0.39 is 6.03 Å². The first-order valence-electron chi connectivity index (χ1n) is 19.0. The van der Waals surface area contributed by atoms with Gasteiger partial charge in [-0.05, 0) is 61.7 Å². The molecule has 2 aromatic heterocycles. The standard InChI is InChI=1S/C43H50N10O4/c1-28-9-11-30(12-10-28)49-39(24-37(44)43(2,3)4)52-42(56)50-34-13-14-36(33-8-6-5-7-32(33)34)57-27-29-15-18-45-38(23-29)51-40-26-47-35(25-48-40)41(55)46-19-22-53-20-16-31(54)17-21-53/h5-15,18,23-26,31,54H,16-17,19-22,27,44H2,1-4H3,(H,46,55)(H,45,48,51)(H2,49,50,52,56). The van der Waals surface area contributed by atoms with Crippen LogP contribution >= 0.6 is 0 Å². The second-order valence-corrected chi connectivity index (χ2v) is 15.0. The number of pyridine rings is 1. The van der Waals surface area contributed by atoms with Crippen LogP contribution in [0.2, 0.25) is 0 Å². The molecule has 6 rings (SSSR count). The van der Waals surface area contributed by atoms with E-state index >= 15 is 0 Å². The number of likely N-dealkylation sites (tertiary alicyclic amines) is 1. The number of anilines is 3. The van der Waals surface area contributed by atoms with Gasteiger partial charge in [-0.1, -0.05) is 62.7 Å². The lowest BCUT2D eigenvalue weighted by molar-refractivity contribution is 0.0803. The van der Waals surface area contributed by atoms with Gasteiger partial charge in [0.1, 0.15) is 35.5 Å². The van der Waals surface area contributed by atoms with Crippen molar-refractivity contribution < 1.29 is 19.4 Å². The number of aryl methyl sites for hydroxylation is 1. The number of urea groups is 1. The van der Waals surface area contributed by atoms with Crippen molar-refractivity contribution in [3.8, 4) is 5.75 Å². The fourth-order valence-electron chi connectivity index (χ4n) is 5.99. The summed E-state index contributed by atoms with van der Waals surface area (Å²) in [6.45, 7) is 11.1. The summed E-state index contributed by atoms with van der Waals surface area (Å²) in [4.78, 5) is 45.9. The van der Waals surface area contributed by atoms with Crippen LogP contribution in [-0.4, -0.2) is 75.0 Å². The van der Waals surface area contributed by atoms with E-state index in [1.165, 1.54) is 12.4 Å². The smallest absolute Gasteiger partial charge is 0.324 e. The summed E-state index contributed by atoms with van der Waals surface area (Å²) >= 11 is 0. The van der Waals surface area contributed by atoms with Crippen LogP contribution in [0, 0.1) is 12.3 Å². The van der Waals surface area contributed by atoms with Gasteiger partial charge < -0.3 is 36.4 Å². The molecule has 1 aliphatic heterocycles. The number of nitrogens with two attached hydrogens (primary N) is 1. The lowest BCUT2D eigenvalue weighted by atomic mass is 9.92. The normalized spacial score (nSPS) is 14.3. The molecule has 296 valence electrons.